The summed E-state index contributed by atoms with van der Waals surface area (Å²) in [6.45, 7) is 2.65. The number of phenols is 1. The number of hydrogen-bond donors (Lipinski definition) is 2. The zero-order valence-corrected chi connectivity index (χ0v) is 15.3. The Morgan fingerprint density at radius 1 is 1.25 bits per heavy atom. The first kappa shape index (κ1) is 18.8. The highest BCUT2D eigenvalue weighted by atomic mass is 35.5. The van der Waals surface area contributed by atoms with Crippen LogP contribution in [-0.2, 0) is 0 Å². The van der Waals surface area contributed by atoms with E-state index in [-0.39, 0.29) is 22.4 Å². The van der Waals surface area contributed by atoms with Crippen LogP contribution in [0.2, 0.25) is 10.0 Å². The number of hydrogen-bond acceptors (Lipinski definition) is 4. The van der Waals surface area contributed by atoms with E-state index in [0.717, 1.165) is 10.6 Å². The highest BCUT2D eigenvalue weighted by Gasteiger charge is 2.14. The van der Waals surface area contributed by atoms with Crippen LogP contribution in [0.25, 0.3) is 0 Å². The minimum absolute atomic E-state index is 0.0849. The third-order valence-electron chi connectivity index (χ3n) is 3.06. The molecule has 0 aromatic heterocycles. The molecular weight excluding hydrogens is 369 g/mol. The molecule has 128 valence electrons. The lowest BCUT2D eigenvalue weighted by Gasteiger charge is -2.10. The summed E-state index contributed by atoms with van der Waals surface area (Å²) in [6.07, 6.45) is 0. The number of phenolic OH excluding ortho intramolecular Hbond substituents is 1. The molecular formula is C17H17Cl2NO3S. The Hall–Kier alpha value is -1.56. The first-order valence-corrected chi connectivity index (χ1v) is 9.07. The van der Waals surface area contributed by atoms with E-state index in [1.54, 1.807) is 18.7 Å². The van der Waals surface area contributed by atoms with Gasteiger partial charge in [0.05, 0.1) is 11.6 Å². The van der Waals surface area contributed by atoms with Crippen molar-refractivity contribution < 1.29 is 14.6 Å². The lowest BCUT2D eigenvalue weighted by Crippen LogP contribution is -2.25. The van der Waals surface area contributed by atoms with Gasteiger partial charge in [-0.05, 0) is 43.3 Å². The average Bonchev–Trinajstić information content (AvgIpc) is 2.57. The molecule has 0 heterocycles. The number of aromatic hydroxyl groups is 1. The molecule has 4 nitrogen and oxygen atoms in total. The first-order chi connectivity index (χ1) is 11.5. The van der Waals surface area contributed by atoms with Gasteiger partial charge in [0.15, 0.2) is 11.5 Å². The Labute approximate surface area is 155 Å². The van der Waals surface area contributed by atoms with Crippen LogP contribution >= 0.6 is 35.0 Å². The molecule has 0 saturated carbocycles. The standard InChI is InChI=1S/C17H17Cl2NO3S/c1-2-23-15-10-11(9-14(19)16(15)21)17(22)20-7-8-24-13-5-3-12(18)4-6-13/h3-6,9-10,21H,2,7-8H2,1H3,(H,20,22). The second kappa shape index (κ2) is 9.06. The minimum Gasteiger partial charge on any atom is -0.503 e. The monoisotopic (exact) mass is 385 g/mol. The van der Waals surface area contributed by atoms with E-state index in [9.17, 15) is 9.90 Å². The van der Waals surface area contributed by atoms with Crippen LogP contribution in [0, 0.1) is 0 Å². The van der Waals surface area contributed by atoms with Crippen LogP contribution in [0.15, 0.2) is 41.3 Å². The molecule has 0 atom stereocenters. The molecule has 2 rings (SSSR count). The van der Waals surface area contributed by atoms with Crippen LogP contribution in [-0.4, -0.2) is 29.9 Å². The minimum atomic E-state index is -0.269. The SMILES string of the molecule is CCOc1cc(C(=O)NCCSc2ccc(Cl)cc2)cc(Cl)c1O. The summed E-state index contributed by atoms with van der Waals surface area (Å²) in [7, 11) is 0. The lowest BCUT2D eigenvalue weighted by atomic mass is 10.2. The number of benzene rings is 2. The van der Waals surface area contributed by atoms with E-state index in [1.807, 2.05) is 24.3 Å². The molecule has 0 saturated heterocycles. The molecule has 0 radical (unpaired) electrons. The van der Waals surface area contributed by atoms with Gasteiger partial charge in [0.1, 0.15) is 0 Å². The van der Waals surface area contributed by atoms with Gasteiger partial charge in [-0.3, -0.25) is 4.79 Å². The lowest BCUT2D eigenvalue weighted by molar-refractivity contribution is 0.0955. The predicted octanol–water partition coefficient (Wildman–Crippen LogP) is 4.62. The average molecular weight is 386 g/mol. The van der Waals surface area contributed by atoms with Crippen molar-refractivity contribution in [3.63, 3.8) is 0 Å². The Bertz CT molecular complexity index is 708. The van der Waals surface area contributed by atoms with E-state index in [0.29, 0.717) is 23.7 Å². The highest BCUT2D eigenvalue weighted by molar-refractivity contribution is 7.99. The van der Waals surface area contributed by atoms with Crippen LogP contribution in [0.5, 0.6) is 11.5 Å². The van der Waals surface area contributed by atoms with Gasteiger partial charge in [-0.1, -0.05) is 23.2 Å². The number of halogens is 2. The number of carbonyl (C=O) groups is 1. The van der Waals surface area contributed by atoms with E-state index in [1.165, 1.54) is 12.1 Å². The Balaban J connectivity index is 1.89. The Kier molecular flexibility index (Phi) is 7.09. The van der Waals surface area contributed by atoms with Gasteiger partial charge in [0, 0.05) is 27.8 Å². The van der Waals surface area contributed by atoms with E-state index in [4.69, 9.17) is 27.9 Å². The molecule has 0 aliphatic heterocycles. The zero-order valence-electron chi connectivity index (χ0n) is 13.0. The molecule has 0 fully saturated rings. The summed E-state index contributed by atoms with van der Waals surface area (Å²) in [4.78, 5) is 13.3. The molecule has 0 unspecified atom stereocenters. The summed E-state index contributed by atoms with van der Waals surface area (Å²) < 4.78 is 5.27. The number of rotatable bonds is 7. The molecule has 7 heteroatoms. The molecule has 0 aliphatic carbocycles. The fourth-order valence-electron chi connectivity index (χ4n) is 1.94. The van der Waals surface area contributed by atoms with Crippen LogP contribution in [0.4, 0.5) is 0 Å². The van der Waals surface area contributed by atoms with Gasteiger partial charge < -0.3 is 15.2 Å². The van der Waals surface area contributed by atoms with Crippen molar-refractivity contribution in [3.8, 4) is 11.5 Å². The Morgan fingerprint density at radius 3 is 2.62 bits per heavy atom. The molecule has 2 aromatic rings. The third kappa shape index (κ3) is 5.23. The molecule has 2 aromatic carbocycles. The summed E-state index contributed by atoms with van der Waals surface area (Å²) in [5, 5.41) is 13.4. The molecule has 0 spiro atoms. The molecule has 0 aliphatic rings. The van der Waals surface area contributed by atoms with Gasteiger partial charge in [-0.15, -0.1) is 11.8 Å². The number of amides is 1. The smallest absolute Gasteiger partial charge is 0.251 e. The summed E-state index contributed by atoms with van der Waals surface area (Å²) in [5.41, 5.74) is 0.345. The van der Waals surface area contributed by atoms with Crippen molar-refractivity contribution >= 4 is 40.9 Å². The number of ether oxygens (including phenoxy) is 1. The van der Waals surface area contributed by atoms with Gasteiger partial charge in [0.2, 0.25) is 0 Å². The highest BCUT2D eigenvalue weighted by Crippen LogP contribution is 2.35. The normalized spacial score (nSPS) is 10.5. The maximum absolute atomic E-state index is 12.2. The predicted molar refractivity (Wildman–Crippen MR) is 98.8 cm³/mol. The largest absolute Gasteiger partial charge is 0.503 e. The molecule has 1 amide bonds. The van der Waals surface area contributed by atoms with Crippen molar-refractivity contribution in [3.05, 3.63) is 52.0 Å². The maximum atomic E-state index is 12.2. The number of thioether (sulfide) groups is 1. The topological polar surface area (TPSA) is 58.6 Å². The van der Waals surface area contributed by atoms with Gasteiger partial charge in [0.25, 0.3) is 5.91 Å². The molecule has 24 heavy (non-hydrogen) atoms. The number of nitrogens with one attached hydrogen (secondary N) is 1. The van der Waals surface area contributed by atoms with Gasteiger partial charge in [-0.25, -0.2) is 0 Å². The fraction of sp³-hybridized carbons (Fsp3) is 0.235. The Morgan fingerprint density at radius 2 is 1.96 bits per heavy atom. The first-order valence-electron chi connectivity index (χ1n) is 7.33. The number of carbonyl (C=O) groups excluding carboxylic acids is 1. The second-order valence-corrected chi connectivity index (χ2v) is 6.81. The van der Waals surface area contributed by atoms with Crippen molar-refractivity contribution in [2.45, 2.75) is 11.8 Å². The quantitative estimate of drug-likeness (QED) is 0.539. The summed E-state index contributed by atoms with van der Waals surface area (Å²) in [5.74, 6) is 0.492. The van der Waals surface area contributed by atoms with Gasteiger partial charge >= 0.3 is 0 Å². The summed E-state index contributed by atoms with van der Waals surface area (Å²) in [6, 6.07) is 10.4. The van der Waals surface area contributed by atoms with E-state index < -0.39 is 0 Å². The zero-order chi connectivity index (χ0) is 17.5. The van der Waals surface area contributed by atoms with Crippen molar-refractivity contribution in [2.75, 3.05) is 18.9 Å². The maximum Gasteiger partial charge on any atom is 0.251 e. The summed E-state index contributed by atoms with van der Waals surface area (Å²) >= 11 is 13.4. The van der Waals surface area contributed by atoms with Crippen LogP contribution in [0.1, 0.15) is 17.3 Å². The van der Waals surface area contributed by atoms with E-state index in [2.05, 4.69) is 5.32 Å². The fourth-order valence-corrected chi connectivity index (χ4v) is 3.04. The van der Waals surface area contributed by atoms with Crippen molar-refractivity contribution in [1.29, 1.82) is 0 Å². The van der Waals surface area contributed by atoms with Crippen molar-refractivity contribution in [1.82, 2.24) is 5.32 Å². The second-order valence-electron chi connectivity index (χ2n) is 4.80. The van der Waals surface area contributed by atoms with E-state index >= 15 is 0 Å². The van der Waals surface area contributed by atoms with Gasteiger partial charge in [-0.2, -0.15) is 0 Å². The van der Waals surface area contributed by atoms with Crippen molar-refractivity contribution in [2.24, 2.45) is 0 Å². The van der Waals surface area contributed by atoms with Crippen LogP contribution in [0.3, 0.4) is 0 Å². The third-order valence-corrected chi connectivity index (χ3v) is 4.61. The molecule has 0 bridgehead atoms. The molecule has 2 N–H and O–H groups in total. The van der Waals surface area contributed by atoms with Crippen LogP contribution < -0.4 is 10.1 Å².